The van der Waals surface area contributed by atoms with Crippen LogP contribution in [0.5, 0.6) is 5.75 Å². The summed E-state index contributed by atoms with van der Waals surface area (Å²) < 4.78 is 12.6. The summed E-state index contributed by atoms with van der Waals surface area (Å²) in [5.74, 6) is 0.925. The van der Waals surface area contributed by atoms with Crippen molar-refractivity contribution in [2.45, 2.75) is 51.7 Å². The van der Waals surface area contributed by atoms with Crippen LogP contribution in [-0.4, -0.2) is 46.1 Å². The van der Waals surface area contributed by atoms with Crippen molar-refractivity contribution in [2.24, 2.45) is 0 Å². The van der Waals surface area contributed by atoms with Gasteiger partial charge in [-0.25, -0.2) is 4.79 Å². The minimum Gasteiger partial charge on any atom is -0.494 e. The van der Waals surface area contributed by atoms with E-state index in [0.29, 0.717) is 41.1 Å². The molecule has 10 heteroatoms. The number of aryl methyl sites for hydroxylation is 1. The van der Waals surface area contributed by atoms with Gasteiger partial charge in [-0.15, -0.1) is 28.1 Å². The predicted molar refractivity (Wildman–Crippen MR) is 145 cm³/mol. The maximum Gasteiger partial charge on any atom is 0.341 e. The highest BCUT2D eigenvalue weighted by molar-refractivity contribution is 7.99. The van der Waals surface area contributed by atoms with Gasteiger partial charge >= 0.3 is 5.97 Å². The monoisotopic (exact) mass is 528 g/mol. The molecule has 3 rings (SSSR count). The maximum absolute atomic E-state index is 12.8. The van der Waals surface area contributed by atoms with Crippen LogP contribution >= 0.6 is 23.1 Å². The SMILES string of the molecule is C=CCn1c(SCC(=O)Nc2sc(C)c(CC)c2C(=O)OC)nnc1-c1ccc(OCCCC)cc1. The maximum atomic E-state index is 12.8. The Morgan fingerprint density at radius 2 is 1.97 bits per heavy atom. The molecule has 0 radical (unpaired) electrons. The number of allylic oxidation sites excluding steroid dienone is 1. The molecule has 0 aliphatic heterocycles. The minimum atomic E-state index is -0.448. The van der Waals surface area contributed by atoms with Gasteiger partial charge in [-0.05, 0) is 49.6 Å². The molecule has 0 spiro atoms. The molecule has 0 saturated heterocycles. The number of hydrogen-bond acceptors (Lipinski definition) is 8. The first-order valence-corrected chi connectivity index (χ1v) is 13.6. The number of methoxy groups -OCH3 is 1. The van der Waals surface area contributed by atoms with Gasteiger partial charge in [-0.3, -0.25) is 9.36 Å². The number of rotatable bonds is 13. The van der Waals surface area contributed by atoms with Crippen LogP contribution in [0.2, 0.25) is 0 Å². The van der Waals surface area contributed by atoms with Crippen LogP contribution in [0.1, 0.15) is 47.5 Å². The topological polar surface area (TPSA) is 95.3 Å². The van der Waals surface area contributed by atoms with Gasteiger partial charge in [-0.1, -0.05) is 38.1 Å². The van der Waals surface area contributed by atoms with Crippen molar-refractivity contribution < 1.29 is 19.1 Å². The highest BCUT2D eigenvalue weighted by Gasteiger charge is 2.23. The number of nitrogens with zero attached hydrogens (tertiary/aromatic N) is 3. The van der Waals surface area contributed by atoms with Gasteiger partial charge in [0.25, 0.3) is 0 Å². The Hall–Kier alpha value is -3.11. The molecule has 3 aromatic rings. The van der Waals surface area contributed by atoms with E-state index in [1.807, 2.05) is 42.7 Å². The lowest BCUT2D eigenvalue weighted by atomic mass is 10.1. The van der Waals surface area contributed by atoms with Crippen molar-refractivity contribution in [3.05, 3.63) is 52.9 Å². The van der Waals surface area contributed by atoms with E-state index in [1.165, 1.54) is 30.2 Å². The van der Waals surface area contributed by atoms with Crippen LogP contribution in [-0.2, 0) is 22.5 Å². The van der Waals surface area contributed by atoms with Gasteiger partial charge in [0.2, 0.25) is 5.91 Å². The molecule has 0 atom stereocenters. The van der Waals surface area contributed by atoms with Gasteiger partial charge in [0.1, 0.15) is 10.8 Å². The summed E-state index contributed by atoms with van der Waals surface area (Å²) in [5.41, 5.74) is 2.22. The molecule has 1 aromatic carbocycles. The number of anilines is 1. The van der Waals surface area contributed by atoms with Crippen LogP contribution in [0.15, 0.2) is 42.1 Å². The molecular formula is C26H32N4O4S2. The van der Waals surface area contributed by atoms with E-state index >= 15 is 0 Å². The number of unbranched alkanes of at least 4 members (excludes halogenated alkanes) is 1. The fourth-order valence-corrected chi connectivity index (χ4v) is 5.54. The van der Waals surface area contributed by atoms with E-state index in [1.54, 1.807) is 6.08 Å². The molecule has 0 saturated carbocycles. The molecule has 0 unspecified atom stereocenters. The first-order valence-electron chi connectivity index (χ1n) is 11.8. The Balaban J connectivity index is 1.72. The lowest BCUT2D eigenvalue weighted by Crippen LogP contribution is -2.16. The average molecular weight is 529 g/mol. The van der Waals surface area contributed by atoms with E-state index in [2.05, 4.69) is 29.0 Å². The van der Waals surface area contributed by atoms with Crippen LogP contribution in [0, 0.1) is 6.92 Å². The molecular weight excluding hydrogens is 496 g/mol. The third-order valence-corrected chi connectivity index (χ3v) is 7.47. The number of amides is 1. The van der Waals surface area contributed by atoms with Crippen molar-refractivity contribution >= 4 is 40.0 Å². The lowest BCUT2D eigenvalue weighted by molar-refractivity contribution is -0.113. The summed E-state index contributed by atoms with van der Waals surface area (Å²) in [6.07, 6.45) is 4.54. The van der Waals surface area contributed by atoms with Gasteiger partial charge in [0, 0.05) is 17.0 Å². The number of carbonyl (C=O) groups is 2. The second kappa shape index (κ2) is 13.3. The summed E-state index contributed by atoms with van der Waals surface area (Å²) in [7, 11) is 1.34. The molecule has 0 aliphatic rings. The number of esters is 1. The summed E-state index contributed by atoms with van der Waals surface area (Å²) in [6, 6.07) is 7.74. The first kappa shape index (κ1) is 27.5. The quantitative estimate of drug-likeness (QED) is 0.130. The Bertz CT molecular complexity index is 1200. The molecule has 2 heterocycles. The normalized spacial score (nSPS) is 10.8. The zero-order chi connectivity index (χ0) is 26.1. The Morgan fingerprint density at radius 3 is 2.61 bits per heavy atom. The van der Waals surface area contributed by atoms with Gasteiger partial charge in [0.05, 0.1) is 25.0 Å². The van der Waals surface area contributed by atoms with Crippen molar-refractivity contribution in [3.8, 4) is 17.1 Å². The summed E-state index contributed by atoms with van der Waals surface area (Å²) in [5, 5.41) is 12.7. The lowest BCUT2D eigenvalue weighted by Gasteiger charge is -2.09. The number of thiophene rings is 1. The van der Waals surface area contributed by atoms with Crippen molar-refractivity contribution in [3.63, 3.8) is 0 Å². The Morgan fingerprint density at radius 1 is 1.22 bits per heavy atom. The Kier molecular flexibility index (Phi) is 10.1. The zero-order valence-corrected chi connectivity index (χ0v) is 22.8. The van der Waals surface area contributed by atoms with Gasteiger partial charge < -0.3 is 14.8 Å². The molecule has 192 valence electrons. The molecule has 0 bridgehead atoms. The smallest absolute Gasteiger partial charge is 0.341 e. The highest BCUT2D eigenvalue weighted by atomic mass is 32.2. The van der Waals surface area contributed by atoms with Crippen LogP contribution in [0.3, 0.4) is 0 Å². The summed E-state index contributed by atoms with van der Waals surface area (Å²) in [4.78, 5) is 26.1. The third-order valence-electron chi connectivity index (χ3n) is 5.45. The third kappa shape index (κ3) is 6.55. The molecule has 2 aromatic heterocycles. The molecule has 36 heavy (non-hydrogen) atoms. The van der Waals surface area contributed by atoms with E-state index in [-0.39, 0.29) is 11.7 Å². The van der Waals surface area contributed by atoms with Crippen LogP contribution < -0.4 is 10.1 Å². The summed E-state index contributed by atoms with van der Waals surface area (Å²) >= 11 is 2.66. The number of hydrogen-bond donors (Lipinski definition) is 1. The summed E-state index contributed by atoms with van der Waals surface area (Å²) in [6.45, 7) is 11.1. The molecule has 1 amide bonds. The van der Waals surface area contributed by atoms with E-state index < -0.39 is 5.97 Å². The number of carbonyl (C=O) groups excluding carboxylic acids is 2. The minimum absolute atomic E-state index is 0.110. The molecule has 1 N–H and O–H groups in total. The van der Waals surface area contributed by atoms with Crippen LogP contribution in [0.4, 0.5) is 5.00 Å². The van der Waals surface area contributed by atoms with Gasteiger partial charge in [0.15, 0.2) is 11.0 Å². The number of thioether (sulfide) groups is 1. The first-order chi connectivity index (χ1) is 17.4. The molecule has 0 fully saturated rings. The average Bonchev–Trinajstić information content (AvgIpc) is 3.42. The van der Waals surface area contributed by atoms with Crippen molar-refractivity contribution in [1.29, 1.82) is 0 Å². The molecule has 8 nitrogen and oxygen atoms in total. The van der Waals surface area contributed by atoms with Crippen LogP contribution in [0.25, 0.3) is 11.4 Å². The predicted octanol–water partition coefficient (Wildman–Crippen LogP) is 5.76. The second-order valence-corrected chi connectivity index (χ2v) is 10.1. The molecule has 0 aliphatic carbocycles. The fraction of sp³-hybridized carbons (Fsp3) is 0.385. The zero-order valence-electron chi connectivity index (χ0n) is 21.1. The van der Waals surface area contributed by atoms with Crippen molar-refractivity contribution in [2.75, 3.05) is 24.8 Å². The Labute approximate surface area is 220 Å². The van der Waals surface area contributed by atoms with E-state index in [4.69, 9.17) is 9.47 Å². The number of nitrogens with one attached hydrogen (secondary N) is 1. The fourth-order valence-electron chi connectivity index (χ4n) is 3.64. The van der Waals surface area contributed by atoms with Crippen molar-refractivity contribution in [1.82, 2.24) is 14.8 Å². The number of benzene rings is 1. The second-order valence-electron chi connectivity index (χ2n) is 7.95. The number of aromatic nitrogens is 3. The van der Waals surface area contributed by atoms with E-state index in [0.717, 1.165) is 34.6 Å². The van der Waals surface area contributed by atoms with Gasteiger partial charge in [-0.2, -0.15) is 0 Å². The standard InChI is InChI=1S/C26H32N4O4S2/c1-6-9-15-34-19-12-10-18(11-13-19)23-28-29-26(30(23)14-7-2)35-16-21(31)27-24-22(25(32)33-5)20(8-3)17(4)36-24/h7,10-13H,2,6,8-9,14-16H2,1,3-5H3,(H,27,31). The number of ether oxygens (including phenoxy) is 2. The largest absolute Gasteiger partial charge is 0.494 e. The van der Waals surface area contributed by atoms with E-state index in [9.17, 15) is 9.59 Å². The highest BCUT2D eigenvalue weighted by Crippen LogP contribution is 2.34.